The van der Waals surface area contributed by atoms with Crippen molar-refractivity contribution in [2.45, 2.75) is 31.7 Å². The van der Waals surface area contributed by atoms with Gasteiger partial charge in [0, 0.05) is 44.0 Å². The fourth-order valence-electron chi connectivity index (χ4n) is 3.65. The van der Waals surface area contributed by atoms with E-state index in [2.05, 4.69) is 14.8 Å². The number of nitrogens with two attached hydrogens (primary N) is 1. The Labute approximate surface area is 113 Å². The first-order valence-electron chi connectivity index (χ1n) is 7.43. The zero-order valence-electron chi connectivity index (χ0n) is 11.3. The lowest BCUT2D eigenvalue weighted by Crippen LogP contribution is -2.57. The van der Waals surface area contributed by atoms with Crippen LogP contribution in [0.2, 0.25) is 0 Å². The summed E-state index contributed by atoms with van der Waals surface area (Å²) < 4.78 is 0. The van der Waals surface area contributed by atoms with Crippen molar-refractivity contribution in [1.29, 1.82) is 0 Å². The zero-order chi connectivity index (χ0) is 12.8. The van der Waals surface area contributed by atoms with Crippen LogP contribution in [0, 0.1) is 0 Å². The van der Waals surface area contributed by atoms with Gasteiger partial charge in [0.25, 0.3) is 0 Å². The number of rotatable bonds is 1. The molecule has 0 radical (unpaired) electrons. The number of nitrogens with zero attached hydrogens (tertiary/aromatic N) is 4. The van der Waals surface area contributed by atoms with Crippen LogP contribution in [0.4, 0.5) is 5.82 Å². The van der Waals surface area contributed by atoms with E-state index in [4.69, 9.17) is 10.7 Å². The molecule has 5 rings (SSSR count). The number of piperazine rings is 3. The Bertz CT molecular complexity index is 493. The Morgan fingerprint density at radius 3 is 2.53 bits per heavy atom. The number of hydrogen-bond acceptors (Lipinski definition) is 5. The van der Waals surface area contributed by atoms with Crippen LogP contribution in [-0.4, -0.2) is 52.5 Å². The van der Waals surface area contributed by atoms with E-state index in [1.165, 1.54) is 37.2 Å². The largest absolute Gasteiger partial charge is 0.383 e. The quantitative estimate of drug-likeness (QED) is 0.801. The lowest BCUT2D eigenvalue weighted by molar-refractivity contribution is 0.00859. The molecule has 3 saturated heterocycles. The van der Waals surface area contributed by atoms with E-state index in [1.807, 2.05) is 0 Å². The predicted molar refractivity (Wildman–Crippen MR) is 73.8 cm³/mol. The molecule has 102 valence electrons. The first-order valence-corrected chi connectivity index (χ1v) is 7.43. The Hall–Kier alpha value is -1.20. The maximum absolute atomic E-state index is 6.16. The summed E-state index contributed by atoms with van der Waals surface area (Å²) in [6.45, 7) is 5.74. The molecule has 0 spiro atoms. The molecule has 3 fully saturated rings. The second kappa shape index (κ2) is 4.42. The fourth-order valence-corrected chi connectivity index (χ4v) is 3.65. The third-order valence-electron chi connectivity index (χ3n) is 4.81. The van der Waals surface area contributed by atoms with Gasteiger partial charge in [-0.05, 0) is 25.7 Å². The van der Waals surface area contributed by atoms with Crippen molar-refractivity contribution in [1.82, 2.24) is 19.8 Å². The van der Waals surface area contributed by atoms with Crippen molar-refractivity contribution in [3.05, 3.63) is 17.1 Å². The maximum atomic E-state index is 6.16. The van der Waals surface area contributed by atoms with Gasteiger partial charge in [0.2, 0.25) is 0 Å². The standard InChI is InChI=1S/C14H21N5/c15-13-10-3-1-2-4-11(10)16-14(17-13)12-9-18-5-7-19(12)8-6-18/h12H,1-9H2,(H2,15,16,17). The normalized spacial score (nSPS) is 33.2. The molecule has 5 heteroatoms. The molecular weight excluding hydrogens is 238 g/mol. The van der Waals surface area contributed by atoms with Crippen molar-refractivity contribution >= 4 is 5.82 Å². The van der Waals surface area contributed by atoms with E-state index in [1.54, 1.807) is 0 Å². The number of hydrogen-bond donors (Lipinski definition) is 1. The Morgan fingerprint density at radius 2 is 1.79 bits per heavy atom. The minimum absolute atomic E-state index is 0.358. The van der Waals surface area contributed by atoms with Crippen molar-refractivity contribution in [3.8, 4) is 0 Å². The highest BCUT2D eigenvalue weighted by Crippen LogP contribution is 2.30. The van der Waals surface area contributed by atoms with Crippen molar-refractivity contribution in [2.24, 2.45) is 0 Å². The molecule has 3 aliphatic heterocycles. The molecule has 0 aromatic carbocycles. The number of aromatic nitrogens is 2. The summed E-state index contributed by atoms with van der Waals surface area (Å²) >= 11 is 0. The van der Waals surface area contributed by atoms with Gasteiger partial charge in [0.1, 0.15) is 11.6 Å². The van der Waals surface area contributed by atoms with Crippen LogP contribution in [0.3, 0.4) is 0 Å². The molecule has 2 bridgehead atoms. The van der Waals surface area contributed by atoms with E-state index < -0.39 is 0 Å². The van der Waals surface area contributed by atoms with Crippen LogP contribution in [-0.2, 0) is 12.8 Å². The smallest absolute Gasteiger partial charge is 0.149 e. The molecule has 1 aromatic rings. The molecule has 1 unspecified atom stereocenters. The van der Waals surface area contributed by atoms with Gasteiger partial charge >= 0.3 is 0 Å². The Morgan fingerprint density at radius 1 is 1.00 bits per heavy atom. The molecule has 1 aliphatic carbocycles. The number of nitrogen functional groups attached to an aromatic ring is 1. The molecule has 4 aliphatic rings. The molecule has 0 saturated carbocycles. The van der Waals surface area contributed by atoms with Gasteiger partial charge in [-0.1, -0.05) is 0 Å². The van der Waals surface area contributed by atoms with Gasteiger partial charge in [0.05, 0.1) is 6.04 Å². The Balaban J connectivity index is 1.70. The zero-order valence-corrected chi connectivity index (χ0v) is 11.3. The van der Waals surface area contributed by atoms with Crippen LogP contribution in [0.15, 0.2) is 0 Å². The highest BCUT2D eigenvalue weighted by atomic mass is 15.4. The molecule has 0 amide bonds. The van der Waals surface area contributed by atoms with Gasteiger partial charge in [-0.3, -0.25) is 9.80 Å². The molecule has 2 N–H and O–H groups in total. The molecule has 19 heavy (non-hydrogen) atoms. The summed E-state index contributed by atoms with van der Waals surface area (Å²) in [5.41, 5.74) is 8.59. The fraction of sp³-hybridized carbons (Fsp3) is 0.714. The lowest BCUT2D eigenvalue weighted by Gasteiger charge is -2.46. The number of aryl methyl sites for hydroxylation is 1. The van der Waals surface area contributed by atoms with Crippen LogP contribution in [0.25, 0.3) is 0 Å². The average molecular weight is 259 g/mol. The van der Waals surface area contributed by atoms with Gasteiger partial charge in [-0.2, -0.15) is 0 Å². The first-order chi connectivity index (χ1) is 9.31. The highest BCUT2D eigenvalue weighted by molar-refractivity contribution is 5.44. The molecule has 4 heterocycles. The summed E-state index contributed by atoms with van der Waals surface area (Å²) in [4.78, 5) is 14.5. The van der Waals surface area contributed by atoms with Gasteiger partial charge in [-0.25, -0.2) is 9.97 Å². The predicted octanol–water partition coefficient (Wildman–Crippen LogP) is 0.610. The average Bonchev–Trinajstić information content (AvgIpc) is 2.48. The molecule has 5 nitrogen and oxygen atoms in total. The van der Waals surface area contributed by atoms with Gasteiger partial charge in [-0.15, -0.1) is 0 Å². The monoisotopic (exact) mass is 259 g/mol. The van der Waals surface area contributed by atoms with E-state index in [0.717, 1.165) is 44.1 Å². The van der Waals surface area contributed by atoms with Crippen LogP contribution in [0.1, 0.15) is 36.0 Å². The number of fused-ring (bicyclic) bond motifs is 4. The minimum Gasteiger partial charge on any atom is -0.383 e. The van der Waals surface area contributed by atoms with Crippen LogP contribution < -0.4 is 5.73 Å². The second-order valence-corrected chi connectivity index (χ2v) is 5.95. The van der Waals surface area contributed by atoms with Gasteiger partial charge in [0.15, 0.2) is 0 Å². The SMILES string of the molecule is Nc1nc(C2CN3CCN2CC3)nc2c1CCCC2. The summed E-state index contributed by atoms with van der Waals surface area (Å²) in [5, 5.41) is 0. The second-order valence-electron chi connectivity index (χ2n) is 5.95. The third kappa shape index (κ3) is 1.92. The molecule has 1 atom stereocenters. The summed E-state index contributed by atoms with van der Waals surface area (Å²) in [6, 6.07) is 0.358. The van der Waals surface area contributed by atoms with E-state index in [9.17, 15) is 0 Å². The third-order valence-corrected chi connectivity index (χ3v) is 4.81. The van der Waals surface area contributed by atoms with Crippen LogP contribution >= 0.6 is 0 Å². The number of anilines is 1. The highest BCUT2D eigenvalue weighted by Gasteiger charge is 2.35. The van der Waals surface area contributed by atoms with E-state index in [0.29, 0.717) is 6.04 Å². The summed E-state index contributed by atoms with van der Waals surface area (Å²) in [5.74, 6) is 1.69. The van der Waals surface area contributed by atoms with Crippen molar-refractivity contribution in [2.75, 3.05) is 38.5 Å². The minimum atomic E-state index is 0.358. The van der Waals surface area contributed by atoms with Gasteiger partial charge < -0.3 is 5.73 Å². The van der Waals surface area contributed by atoms with E-state index in [-0.39, 0.29) is 0 Å². The molecule has 1 aromatic heterocycles. The van der Waals surface area contributed by atoms with Crippen molar-refractivity contribution in [3.63, 3.8) is 0 Å². The Kier molecular flexibility index (Phi) is 2.70. The van der Waals surface area contributed by atoms with Crippen molar-refractivity contribution < 1.29 is 0 Å². The van der Waals surface area contributed by atoms with E-state index >= 15 is 0 Å². The maximum Gasteiger partial charge on any atom is 0.149 e. The summed E-state index contributed by atoms with van der Waals surface area (Å²) in [6.07, 6.45) is 4.60. The topological polar surface area (TPSA) is 58.3 Å². The summed E-state index contributed by atoms with van der Waals surface area (Å²) in [7, 11) is 0. The molecular formula is C14H21N5. The first kappa shape index (κ1) is 11.6. The van der Waals surface area contributed by atoms with Crippen LogP contribution in [0.5, 0.6) is 0 Å². The lowest BCUT2D eigenvalue weighted by atomic mass is 9.96.